The molecule has 0 N–H and O–H groups in total. The fraction of sp³-hybridized carbons (Fsp3) is 0.625. The minimum atomic E-state index is 0.883. The highest BCUT2D eigenvalue weighted by molar-refractivity contribution is 9.11. The van der Waals surface area contributed by atoms with Crippen LogP contribution in [0.5, 0.6) is 0 Å². The number of aromatic nitrogens is 1. The lowest BCUT2D eigenvalue weighted by atomic mass is 10.0. The monoisotopic (exact) mass is 246 g/mol. The summed E-state index contributed by atoms with van der Waals surface area (Å²) in [7, 11) is 0. The van der Waals surface area contributed by atoms with Gasteiger partial charge in [-0.15, -0.1) is 11.3 Å². The van der Waals surface area contributed by atoms with Gasteiger partial charge in [-0.3, -0.25) is 4.90 Å². The van der Waals surface area contributed by atoms with E-state index < -0.39 is 0 Å². The molecular weight excluding hydrogens is 236 g/mol. The third-order valence-electron chi connectivity index (χ3n) is 2.02. The molecule has 1 saturated heterocycles. The molecule has 0 aromatic carbocycles. The molecule has 1 aromatic heterocycles. The highest BCUT2D eigenvalue weighted by Gasteiger charge is 2.22. The van der Waals surface area contributed by atoms with E-state index in [1.165, 1.54) is 18.1 Å². The Balaban J connectivity index is 1.88. The van der Waals surface area contributed by atoms with Crippen LogP contribution in [0.15, 0.2) is 9.98 Å². The van der Waals surface area contributed by atoms with E-state index in [9.17, 15) is 0 Å². The molecule has 0 amide bonds. The van der Waals surface area contributed by atoms with Gasteiger partial charge < -0.3 is 0 Å². The molecule has 1 aromatic rings. The molecule has 2 rings (SSSR count). The zero-order chi connectivity index (χ0) is 8.55. The molecule has 1 aliphatic heterocycles. The highest BCUT2D eigenvalue weighted by atomic mass is 79.9. The van der Waals surface area contributed by atoms with Crippen molar-refractivity contribution in [3.05, 3.63) is 15.0 Å². The van der Waals surface area contributed by atoms with Gasteiger partial charge in [0, 0.05) is 13.1 Å². The van der Waals surface area contributed by atoms with Crippen LogP contribution in [0.3, 0.4) is 0 Å². The van der Waals surface area contributed by atoms with E-state index in [4.69, 9.17) is 0 Å². The topological polar surface area (TPSA) is 16.1 Å². The van der Waals surface area contributed by atoms with Crippen molar-refractivity contribution in [2.24, 2.45) is 5.92 Å². The summed E-state index contributed by atoms with van der Waals surface area (Å²) in [5, 5.41) is 1.22. The number of thiazole rings is 1. The third kappa shape index (κ3) is 1.87. The van der Waals surface area contributed by atoms with Gasteiger partial charge >= 0.3 is 0 Å². The molecule has 1 fully saturated rings. The first kappa shape index (κ1) is 8.66. The van der Waals surface area contributed by atoms with Crippen LogP contribution in [0.25, 0.3) is 0 Å². The number of rotatable bonds is 2. The summed E-state index contributed by atoms with van der Waals surface area (Å²) in [5.41, 5.74) is 0. The molecule has 0 bridgehead atoms. The van der Waals surface area contributed by atoms with Gasteiger partial charge in [0.15, 0.2) is 0 Å². The quantitative estimate of drug-likeness (QED) is 0.797. The highest BCUT2D eigenvalue weighted by Crippen LogP contribution is 2.23. The molecule has 4 heteroatoms. The molecular formula is C8H11BrN2S. The molecule has 66 valence electrons. The largest absolute Gasteiger partial charge is 0.296 e. The summed E-state index contributed by atoms with van der Waals surface area (Å²) in [4.78, 5) is 6.72. The molecule has 0 saturated carbocycles. The van der Waals surface area contributed by atoms with Crippen LogP contribution >= 0.6 is 27.3 Å². The van der Waals surface area contributed by atoms with E-state index >= 15 is 0 Å². The van der Waals surface area contributed by atoms with Gasteiger partial charge in [-0.05, 0) is 21.8 Å². The fourth-order valence-electron chi connectivity index (χ4n) is 1.51. The van der Waals surface area contributed by atoms with Gasteiger partial charge in [-0.2, -0.15) is 0 Å². The van der Waals surface area contributed by atoms with E-state index in [1.807, 2.05) is 6.20 Å². The smallest absolute Gasteiger partial charge is 0.108 e. The molecule has 12 heavy (non-hydrogen) atoms. The molecule has 0 unspecified atom stereocenters. The Morgan fingerprint density at radius 3 is 3.00 bits per heavy atom. The zero-order valence-corrected chi connectivity index (χ0v) is 9.36. The van der Waals surface area contributed by atoms with Crippen LogP contribution in [0.2, 0.25) is 0 Å². The van der Waals surface area contributed by atoms with E-state index in [0.717, 1.165) is 16.2 Å². The molecule has 2 nitrogen and oxygen atoms in total. The average molecular weight is 247 g/mol. The van der Waals surface area contributed by atoms with Gasteiger partial charge in [0.1, 0.15) is 5.01 Å². The minimum absolute atomic E-state index is 0.883. The maximum atomic E-state index is 4.29. The molecule has 0 radical (unpaired) electrons. The Bertz CT molecular complexity index is 268. The SMILES string of the molecule is CC1CN(Cc2ncc(Br)s2)C1. The second-order valence-electron chi connectivity index (χ2n) is 3.36. The van der Waals surface area contributed by atoms with Gasteiger partial charge in [-0.1, -0.05) is 6.92 Å². The Labute approximate surface area is 84.7 Å². The van der Waals surface area contributed by atoms with Crippen molar-refractivity contribution in [1.82, 2.24) is 9.88 Å². The second kappa shape index (κ2) is 3.44. The van der Waals surface area contributed by atoms with Crippen LogP contribution in [-0.4, -0.2) is 23.0 Å². The van der Waals surface area contributed by atoms with Crippen LogP contribution in [0, 0.1) is 5.92 Å². The third-order valence-corrected chi connectivity index (χ3v) is 3.48. The summed E-state index contributed by atoms with van der Waals surface area (Å²) in [6.07, 6.45) is 1.88. The van der Waals surface area contributed by atoms with Gasteiger partial charge in [0.05, 0.1) is 16.5 Å². The normalized spacial score (nSPS) is 19.5. The Kier molecular flexibility index (Phi) is 2.48. The zero-order valence-electron chi connectivity index (χ0n) is 6.96. The molecule has 0 atom stereocenters. The maximum absolute atomic E-state index is 4.29. The Morgan fingerprint density at radius 1 is 1.75 bits per heavy atom. The predicted octanol–water partition coefficient (Wildman–Crippen LogP) is 2.36. The number of nitrogens with zero attached hydrogens (tertiary/aromatic N) is 2. The number of hydrogen-bond acceptors (Lipinski definition) is 3. The molecule has 1 aliphatic rings. The van der Waals surface area contributed by atoms with Crippen LogP contribution in [0.1, 0.15) is 11.9 Å². The van der Waals surface area contributed by atoms with Crippen LogP contribution < -0.4 is 0 Å². The van der Waals surface area contributed by atoms with E-state index in [-0.39, 0.29) is 0 Å². The van der Waals surface area contributed by atoms with E-state index in [1.54, 1.807) is 11.3 Å². The lowest BCUT2D eigenvalue weighted by Crippen LogP contribution is -2.44. The standard InChI is InChI=1S/C8H11BrN2S/c1-6-3-11(4-6)5-8-10-2-7(9)12-8/h2,6H,3-5H2,1H3. The van der Waals surface area contributed by atoms with Gasteiger partial charge in [0.2, 0.25) is 0 Å². The summed E-state index contributed by atoms with van der Waals surface area (Å²) < 4.78 is 1.13. The first-order valence-electron chi connectivity index (χ1n) is 4.06. The number of likely N-dealkylation sites (tertiary alicyclic amines) is 1. The van der Waals surface area contributed by atoms with Crippen molar-refractivity contribution < 1.29 is 0 Å². The second-order valence-corrected chi connectivity index (χ2v) is 5.85. The molecule has 2 heterocycles. The maximum Gasteiger partial charge on any atom is 0.108 e. The van der Waals surface area contributed by atoms with Crippen molar-refractivity contribution in [2.75, 3.05) is 13.1 Å². The van der Waals surface area contributed by atoms with Crippen molar-refractivity contribution in [1.29, 1.82) is 0 Å². The van der Waals surface area contributed by atoms with Crippen molar-refractivity contribution in [2.45, 2.75) is 13.5 Å². The van der Waals surface area contributed by atoms with Crippen molar-refractivity contribution in [3.63, 3.8) is 0 Å². The van der Waals surface area contributed by atoms with Crippen LogP contribution in [-0.2, 0) is 6.54 Å². The Hall–Kier alpha value is 0.0700. The lowest BCUT2D eigenvalue weighted by Gasteiger charge is -2.36. The fourth-order valence-corrected chi connectivity index (χ4v) is 2.86. The predicted molar refractivity (Wildman–Crippen MR) is 54.3 cm³/mol. The number of hydrogen-bond donors (Lipinski definition) is 0. The van der Waals surface area contributed by atoms with Crippen molar-refractivity contribution in [3.8, 4) is 0 Å². The Morgan fingerprint density at radius 2 is 2.50 bits per heavy atom. The first-order chi connectivity index (χ1) is 5.74. The van der Waals surface area contributed by atoms with E-state index in [0.29, 0.717) is 0 Å². The average Bonchev–Trinajstić information content (AvgIpc) is 2.33. The summed E-state index contributed by atoms with van der Waals surface area (Å²) in [6, 6.07) is 0. The molecule has 0 aliphatic carbocycles. The van der Waals surface area contributed by atoms with Crippen LogP contribution in [0.4, 0.5) is 0 Å². The lowest BCUT2D eigenvalue weighted by molar-refractivity contribution is 0.105. The van der Waals surface area contributed by atoms with E-state index in [2.05, 4.69) is 32.7 Å². The summed E-state index contributed by atoms with van der Waals surface area (Å²) in [6.45, 7) is 5.78. The number of halogens is 1. The summed E-state index contributed by atoms with van der Waals surface area (Å²) >= 11 is 5.14. The first-order valence-corrected chi connectivity index (χ1v) is 5.67. The molecule has 0 spiro atoms. The minimum Gasteiger partial charge on any atom is -0.296 e. The van der Waals surface area contributed by atoms with Gasteiger partial charge in [0.25, 0.3) is 0 Å². The van der Waals surface area contributed by atoms with Crippen molar-refractivity contribution >= 4 is 27.3 Å². The summed E-state index contributed by atoms with van der Waals surface area (Å²) in [5.74, 6) is 0.883. The van der Waals surface area contributed by atoms with Gasteiger partial charge in [-0.25, -0.2) is 4.98 Å².